The molecule has 0 aliphatic carbocycles. The summed E-state index contributed by atoms with van der Waals surface area (Å²) in [7, 11) is 1.47. The quantitative estimate of drug-likeness (QED) is 0.603. The van der Waals surface area contributed by atoms with Crippen molar-refractivity contribution in [2.75, 3.05) is 12.0 Å². The van der Waals surface area contributed by atoms with E-state index < -0.39 is 0 Å². The molecule has 0 aromatic heterocycles. The Bertz CT molecular complexity index is 911. The van der Waals surface area contributed by atoms with Gasteiger partial charge >= 0.3 is 0 Å². The maximum atomic E-state index is 12.8. The average Bonchev–Trinajstić information content (AvgIpc) is 2.86. The van der Waals surface area contributed by atoms with Crippen LogP contribution in [0.25, 0.3) is 6.08 Å². The summed E-state index contributed by atoms with van der Waals surface area (Å²) in [6.45, 7) is 1.90. The molecule has 0 spiro atoms. The van der Waals surface area contributed by atoms with Crippen molar-refractivity contribution in [2.24, 2.45) is 0 Å². The molecule has 0 radical (unpaired) electrons. The number of hydrogen-bond acceptors (Lipinski definition) is 5. The number of thioether (sulfide) groups is 1. The van der Waals surface area contributed by atoms with E-state index in [0.717, 1.165) is 11.1 Å². The van der Waals surface area contributed by atoms with Gasteiger partial charge in [-0.15, -0.1) is 0 Å². The molecule has 1 aliphatic rings. The molecule has 1 fully saturated rings. The minimum atomic E-state index is -0.207. The second-order valence-electron chi connectivity index (χ2n) is 5.38. The Morgan fingerprint density at radius 1 is 1.28 bits per heavy atom. The van der Waals surface area contributed by atoms with Crippen LogP contribution in [0.3, 0.4) is 0 Å². The van der Waals surface area contributed by atoms with Gasteiger partial charge in [0.25, 0.3) is 5.91 Å². The largest absolute Gasteiger partial charge is 0.504 e. The highest BCUT2D eigenvalue weighted by molar-refractivity contribution is 8.27. The normalized spacial score (nSPS) is 16.0. The number of amides is 1. The van der Waals surface area contributed by atoms with Crippen molar-refractivity contribution in [1.82, 2.24) is 0 Å². The molecule has 1 N–H and O–H groups in total. The van der Waals surface area contributed by atoms with Gasteiger partial charge in [0.2, 0.25) is 0 Å². The smallest absolute Gasteiger partial charge is 0.270 e. The fourth-order valence-corrected chi connectivity index (χ4v) is 3.82. The number of carbonyl (C=O) groups excluding carboxylic acids is 1. The number of hydrogen-bond donors (Lipinski definition) is 1. The monoisotopic (exact) mass is 391 g/mol. The Morgan fingerprint density at radius 3 is 2.72 bits per heavy atom. The molecule has 25 heavy (non-hydrogen) atoms. The van der Waals surface area contributed by atoms with Gasteiger partial charge in [-0.05, 0) is 48.4 Å². The van der Waals surface area contributed by atoms with E-state index in [1.165, 1.54) is 29.8 Å². The number of halogens is 1. The first-order valence-electron chi connectivity index (χ1n) is 7.32. The van der Waals surface area contributed by atoms with E-state index in [-0.39, 0.29) is 11.7 Å². The van der Waals surface area contributed by atoms with E-state index in [2.05, 4.69) is 0 Å². The third-order valence-corrected chi connectivity index (χ3v) is 5.42. The van der Waals surface area contributed by atoms with Gasteiger partial charge in [-0.2, -0.15) is 0 Å². The van der Waals surface area contributed by atoms with E-state index in [1.807, 2.05) is 19.1 Å². The zero-order chi connectivity index (χ0) is 18.1. The lowest BCUT2D eigenvalue weighted by molar-refractivity contribution is -0.113. The molecular weight excluding hydrogens is 378 g/mol. The first kappa shape index (κ1) is 17.8. The summed E-state index contributed by atoms with van der Waals surface area (Å²) >= 11 is 12.7. The molecule has 0 saturated carbocycles. The summed E-state index contributed by atoms with van der Waals surface area (Å²) in [5.41, 5.74) is 2.31. The van der Waals surface area contributed by atoms with Crippen LogP contribution >= 0.6 is 35.6 Å². The summed E-state index contributed by atoms with van der Waals surface area (Å²) in [6, 6.07) is 10.3. The maximum Gasteiger partial charge on any atom is 0.270 e. The maximum absolute atomic E-state index is 12.8. The van der Waals surface area contributed by atoms with Crippen LogP contribution in [0.1, 0.15) is 11.1 Å². The van der Waals surface area contributed by atoms with Crippen molar-refractivity contribution in [3.63, 3.8) is 0 Å². The van der Waals surface area contributed by atoms with Gasteiger partial charge in [0, 0.05) is 5.02 Å². The number of benzene rings is 2. The van der Waals surface area contributed by atoms with Crippen molar-refractivity contribution in [3.8, 4) is 11.5 Å². The van der Waals surface area contributed by atoms with Crippen molar-refractivity contribution in [1.29, 1.82) is 0 Å². The van der Waals surface area contributed by atoms with Crippen molar-refractivity contribution in [3.05, 3.63) is 57.5 Å². The fraction of sp³-hybridized carbons (Fsp3) is 0.111. The summed E-state index contributed by atoms with van der Waals surface area (Å²) in [4.78, 5) is 14.7. The summed E-state index contributed by atoms with van der Waals surface area (Å²) in [5.74, 6) is 0.179. The summed E-state index contributed by atoms with van der Waals surface area (Å²) in [6.07, 6.45) is 1.72. The van der Waals surface area contributed by atoms with Gasteiger partial charge < -0.3 is 9.84 Å². The van der Waals surface area contributed by atoms with Crippen molar-refractivity contribution < 1.29 is 14.6 Å². The number of nitrogens with zero attached hydrogens (tertiary/aromatic N) is 1. The van der Waals surface area contributed by atoms with Crippen LogP contribution in [0.2, 0.25) is 5.02 Å². The van der Waals surface area contributed by atoms with Gasteiger partial charge in [-0.1, -0.05) is 47.7 Å². The predicted octanol–water partition coefficient (Wildman–Crippen LogP) is 4.77. The first-order valence-corrected chi connectivity index (χ1v) is 8.92. The molecule has 1 amide bonds. The van der Waals surface area contributed by atoms with Gasteiger partial charge in [0.1, 0.15) is 0 Å². The molecule has 1 heterocycles. The molecule has 1 saturated heterocycles. The van der Waals surface area contributed by atoms with Crippen molar-refractivity contribution in [2.45, 2.75) is 6.92 Å². The number of anilines is 1. The summed E-state index contributed by atoms with van der Waals surface area (Å²) < 4.78 is 5.54. The Balaban J connectivity index is 1.94. The molecule has 7 heteroatoms. The number of methoxy groups -OCH3 is 1. The molecule has 0 atom stereocenters. The number of carbonyl (C=O) groups is 1. The zero-order valence-electron chi connectivity index (χ0n) is 13.4. The van der Waals surface area contributed by atoms with E-state index in [1.54, 1.807) is 24.3 Å². The van der Waals surface area contributed by atoms with Crippen LogP contribution in [0.5, 0.6) is 11.5 Å². The number of ether oxygens (including phenoxy) is 1. The Kier molecular flexibility index (Phi) is 5.03. The highest BCUT2D eigenvalue weighted by Gasteiger charge is 2.33. The van der Waals surface area contributed by atoms with Crippen molar-refractivity contribution >= 4 is 57.6 Å². The zero-order valence-corrected chi connectivity index (χ0v) is 15.8. The van der Waals surface area contributed by atoms with Crippen LogP contribution in [-0.2, 0) is 4.79 Å². The first-order chi connectivity index (χ1) is 11.9. The standard InChI is InChI=1S/C18H14ClNO3S2/c1-10-3-5-12(9-13(10)19)20-17(22)16(25-18(20)24)8-11-4-6-14(21)15(7-11)23-2/h3-9,21H,1-2H3/b16-8-. The highest BCUT2D eigenvalue weighted by atomic mass is 35.5. The number of rotatable bonds is 3. The van der Waals surface area contributed by atoms with Crippen LogP contribution < -0.4 is 9.64 Å². The molecule has 128 valence electrons. The molecule has 0 unspecified atom stereocenters. The topological polar surface area (TPSA) is 49.8 Å². The minimum absolute atomic E-state index is 0.0431. The molecule has 3 rings (SSSR count). The lowest BCUT2D eigenvalue weighted by Crippen LogP contribution is -2.27. The van der Waals surface area contributed by atoms with Crippen LogP contribution in [0.4, 0.5) is 5.69 Å². The predicted molar refractivity (Wildman–Crippen MR) is 106 cm³/mol. The average molecular weight is 392 g/mol. The Morgan fingerprint density at radius 2 is 2.04 bits per heavy atom. The number of phenols is 1. The molecule has 1 aliphatic heterocycles. The third kappa shape index (κ3) is 3.51. The van der Waals surface area contributed by atoms with E-state index in [0.29, 0.717) is 25.7 Å². The molecule has 0 bridgehead atoms. The number of thiocarbonyl (C=S) groups is 1. The van der Waals surface area contributed by atoms with E-state index in [4.69, 9.17) is 28.6 Å². The van der Waals surface area contributed by atoms with E-state index >= 15 is 0 Å². The fourth-order valence-electron chi connectivity index (χ4n) is 2.35. The van der Waals surface area contributed by atoms with Gasteiger partial charge in [0.05, 0.1) is 17.7 Å². The molecule has 2 aromatic carbocycles. The Labute approximate surface area is 160 Å². The molecule has 2 aromatic rings. The molecule has 4 nitrogen and oxygen atoms in total. The second kappa shape index (κ2) is 7.07. The number of aromatic hydroxyl groups is 1. The Hall–Kier alpha value is -2.02. The van der Waals surface area contributed by atoms with Gasteiger partial charge in [-0.25, -0.2) is 0 Å². The minimum Gasteiger partial charge on any atom is -0.504 e. The highest BCUT2D eigenvalue weighted by Crippen LogP contribution is 2.38. The number of phenolic OH excluding ortho intramolecular Hbond substituents is 1. The number of aryl methyl sites for hydroxylation is 1. The van der Waals surface area contributed by atoms with Crippen LogP contribution in [-0.4, -0.2) is 22.4 Å². The second-order valence-corrected chi connectivity index (χ2v) is 7.46. The lowest BCUT2D eigenvalue weighted by atomic mass is 10.1. The SMILES string of the molecule is COc1cc(/C=C2\SC(=S)N(c3ccc(C)c(Cl)c3)C2=O)ccc1O. The van der Waals surface area contributed by atoms with Crippen LogP contribution in [0.15, 0.2) is 41.3 Å². The molecular formula is C18H14ClNO3S2. The lowest BCUT2D eigenvalue weighted by Gasteiger charge is -2.15. The third-order valence-electron chi connectivity index (χ3n) is 3.71. The van der Waals surface area contributed by atoms with E-state index in [9.17, 15) is 9.90 Å². The van der Waals surface area contributed by atoms with Gasteiger partial charge in [-0.3, -0.25) is 9.69 Å². The van der Waals surface area contributed by atoms with Crippen LogP contribution in [0, 0.1) is 6.92 Å². The van der Waals surface area contributed by atoms with Gasteiger partial charge in [0.15, 0.2) is 15.8 Å². The summed E-state index contributed by atoms with van der Waals surface area (Å²) in [5, 5.41) is 10.3.